The van der Waals surface area contributed by atoms with Gasteiger partial charge in [-0.1, -0.05) is 0 Å². The molecule has 1 amide bonds. The van der Waals surface area contributed by atoms with Gasteiger partial charge in [0.2, 0.25) is 5.91 Å². The summed E-state index contributed by atoms with van der Waals surface area (Å²) in [7, 11) is 0. The van der Waals surface area contributed by atoms with E-state index in [2.05, 4.69) is 21.2 Å². The molecule has 17 heavy (non-hydrogen) atoms. The average Bonchev–Trinajstić information content (AvgIpc) is 2.20. The second-order valence-electron chi connectivity index (χ2n) is 4.58. The quantitative estimate of drug-likeness (QED) is 0.930. The molecule has 0 fully saturated rings. The number of carbonyl (C=O) groups excluding carboxylic acids is 1. The zero-order chi connectivity index (χ0) is 13.1. The van der Waals surface area contributed by atoms with Crippen molar-refractivity contribution in [1.82, 2.24) is 0 Å². The minimum Gasteiger partial charge on any atom is -0.366 e. The predicted molar refractivity (Wildman–Crippen MR) is 68.4 cm³/mol. The lowest BCUT2D eigenvalue weighted by Gasteiger charge is -2.19. The summed E-state index contributed by atoms with van der Waals surface area (Å²) in [6.07, 6.45) is 0. The van der Waals surface area contributed by atoms with E-state index in [1.54, 1.807) is 0 Å². The number of halogens is 2. The van der Waals surface area contributed by atoms with Crippen molar-refractivity contribution in [2.45, 2.75) is 26.4 Å². The van der Waals surface area contributed by atoms with E-state index in [0.29, 0.717) is 10.2 Å². The highest BCUT2D eigenvalue weighted by Gasteiger charge is 2.13. The van der Waals surface area contributed by atoms with Gasteiger partial charge in [-0.05, 0) is 54.9 Å². The smallest absolute Gasteiger partial charge is 0.250 e. The first kappa shape index (κ1) is 14.1. The summed E-state index contributed by atoms with van der Waals surface area (Å²) in [6.45, 7) is 5.58. The molecule has 0 unspecified atom stereocenters. The molecule has 0 aliphatic carbocycles. The Labute approximate surface area is 108 Å². The van der Waals surface area contributed by atoms with Crippen LogP contribution in [0.15, 0.2) is 22.7 Å². The van der Waals surface area contributed by atoms with Crippen LogP contribution in [0.4, 0.5) is 10.1 Å². The van der Waals surface area contributed by atoms with Crippen molar-refractivity contribution in [3.05, 3.63) is 28.5 Å². The number of amides is 1. The number of ether oxygens (including phenoxy) is 1. The fourth-order valence-electron chi connectivity index (χ4n) is 1.05. The predicted octanol–water partition coefficient (Wildman–Crippen LogP) is 3.34. The fraction of sp³-hybridized carbons (Fsp3) is 0.417. The normalized spacial score (nSPS) is 11.4. The molecule has 1 aromatic rings. The van der Waals surface area contributed by atoms with Crippen molar-refractivity contribution in [3.8, 4) is 0 Å². The number of carbonyl (C=O) groups is 1. The van der Waals surface area contributed by atoms with Crippen LogP contribution in [0.5, 0.6) is 0 Å². The van der Waals surface area contributed by atoms with E-state index >= 15 is 0 Å². The lowest BCUT2D eigenvalue weighted by molar-refractivity contribution is -0.125. The van der Waals surface area contributed by atoms with Gasteiger partial charge in [0.25, 0.3) is 0 Å². The number of hydrogen-bond donors (Lipinski definition) is 1. The monoisotopic (exact) mass is 303 g/mol. The Balaban J connectivity index is 2.54. The Morgan fingerprint density at radius 2 is 2.12 bits per heavy atom. The first-order valence-electron chi connectivity index (χ1n) is 5.17. The summed E-state index contributed by atoms with van der Waals surface area (Å²) in [5.41, 5.74) is 0.168. The van der Waals surface area contributed by atoms with Crippen molar-refractivity contribution in [2.24, 2.45) is 0 Å². The number of benzene rings is 1. The first-order chi connectivity index (χ1) is 7.78. The van der Waals surface area contributed by atoms with Gasteiger partial charge in [-0.2, -0.15) is 0 Å². The van der Waals surface area contributed by atoms with Gasteiger partial charge in [0.15, 0.2) is 0 Å². The van der Waals surface area contributed by atoms with E-state index in [1.165, 1.54) is 18.2 Å². The summed E-state index contributed by atoms with van der Waals surface area (Å²) >= 11 is 3.05. The van der Waals surface area contributed by atoms with Crippen LogP contribution in [0.2, 0.25) is 0 Å². The van der Waals surface area contributed by atoms with Crippen LogP contribution in [0.25, 0.3) is 0 Å². The van der Waals surface area contributed by atoms with Crippen LogP contribution < -0.4 is 5.32 Å². The first-order valence-corrected chi connectivity index (χ1v) is 5.96. The molecule has 1 rings (SSSR count). The van der Waals surface area contributed by atoms with Crippen molar-refractivity contribution < 1.29 is 13.9 Å². The third-order valence-corrected chi connectivity index (χ3v) is 2.45. The molecule has 1 N–H and O–H groups in total. The number of hydrogen-bond acceptors (Lipinski definition) is 2. The molecule has 0 saturated heterocycles. The minimum absolute atomic E-state index is 0.0293. The van der Waals surface area contributed by atoms with Gasteiger partial charge in [0, 0.05) is 5.69 Å². The molecule has 1 aromatic carbocycles. The second-order valence-corrected chi connectivity index (χ2v) is 5.43. The van der Waals surface area contributed by atoms with Gasteiger partial charge in [-0.15, -0.1) is 0 Å². The molecule has 0 bridgehead atoms. The number of anilines is 1. The summed E-state index contributed by atoms with van der Waals surface area (Å²) in [4.78, 5) is 11.5. The average molecular weight is 304 g/mol. The highest BCUT2D eigenvalue weighted by atomic mass is 79.9. The highest BCUT2D eigenvalue weighted by Crippen LogP contribution is 2.20. The van der Waals surface area contributed by atoms with Crippen LogP contribution in [-0.2, 0) is 9.53 Å². The van der Waals surface area contributed by atoms with E-state index in [1.807, 2.05) is 20.8 Å². The molecule has 0 atom stereocenters. The van der Waals surface area contributed by atoms with Crippen LogP contribution in [0, 0.1) is 5.82 Å². The fourth-order valence-corrected chi connectivity index (χ4v) is 1.43. The maximum atomic E-state index is 13.0. The molecule has 0 aromatic heterocycles. The molecular formula is C12H15BrFNO2. The van der Waals surface area contributed by atoms with Crippen LogP contribution >= 0.6 is 15.9 Å². The minimum atomic E-state index is -0.367. The zero-order valence-corrected chi connectivity index (χ0v) is 11.6. The number of nitrogens with one attached hydrogen (secondary N) is 1. The van der Waals surface area contributed by atoms with E-state index in [9.17, 15) is 9.18 Å². The molecule has 0 aliphatic heterocycles. The Bertz CT molecular complexity index is 415. The maximum Gasteiger partial charge on any atom is 0.250 e. The SMILES string of the molecule is CC(C)(C)OCC(=O)Nc1ccc(F)c(Br)c1. The van der Waals surface area contributed by atoms with Crippen LogP contribution in [0.3, 0.4) is 0 Å². The Morgan fingerprint density at radius 1 is 1.47 bits per heavy atom. The maximum absolute atomic E-state index is 13.0. The zero-order valence-electron chi connectivity index (χ0n) is 10.0. The summed E-state index contributed by atoms with van der Waals surface area (Å²) in [5, 5.41) is 2.62. The Kier molecular flexibility index (Phi) is 4.65. The molecule has 0 spiro atoms. The van der Waals surface area contributed by atoms with Gasteiger partial charge in [0.1, 0.15) is 12.4 Å². The van der Waals surface area contributed by atoms with Crippen molar-refractivity contribution >= 4 is 27.5 Å². The molecule has 3 nitrogen and oxygen atoms in total. The van der Waals surface area contributed by atoms with Gasteiger partial charge in [-0.3, -0.25) is 4.79 Å². The van der Waals surface area contributed by atoms with Gasteiger partial charge in [-0.25, -0.2) is 4.39 Å². The number of rotatable bonds is 3. The van der Waals surface area contributed by atoms with Crippen LogP contribution in [0.1, 0.15) is 20.8 Å². The van der Waals surface area contributed by atoms with Crippen molar-refractivity contribution in [3.63, 3.8) is 0 Å². The Morgan fingerprint density at radius 3 is 2.65 bits per heavy atom. The van der Waals surface area contributed by atoms with Gasteiger partial charge >= 0.3 is 0 Å². The molecule has 94 valence electrons. The third-order valence-electron chi connectivity index (χ3n) is 1.84. The summed E-state index contributed by atoms with van der Waals surface area (Å²) < 4.78 is 18.6. The highest BCUT2D eigenvalue weighted by molar-refractivity contribution is 9.10. The molecule has 0 radical (unpaired) electrons. The summed E-state index contributed by atoms with van der Waals surface area (Å²) in [6, 6.07) is 4.28. The van der Waals surface area contributed by atoms with Gasteiger partial charge < -0.3 is 10.1 Å². The largest absolute Gasteiger partial charge is 0.366 e. The molecule has 0 aliphatic rings. The van der Waals surface area contributed by atoms with E-state index < -0.39 is 0 Å². The Hall–Kier alpha value is -0.940. The molecule has 0 heterocycles. The second kappa shape index (κ2) is 5.60. The van der Waals surface area contributed by atoms with Crippen LogP contribution in [-0.4, -0.2) is 18.1 Å². The van der Waals surface area contributed by atoms with E-state index in [4.69, 9.17) is 4.74 Å². The third kappa shape index (κ3) is 5.28. The lowest BCUT2D eigenvalue weighted by Crippen LogP contribution is -2.27. The van der Waals surface area contributed by atoms with Crippen molar-refractivity contribution in [1.29, 1.82) is 0 Å². The lowest BCUT2D eigenvalue weighted by atomic mass is 10.2. The van der Waals surface area contributed by atoms with E-state index in [-0.39, 0.29) is 23.9 Å². The van der Waals surface area contributed by atoms with Gasteiger partial charge in [0.05, 0.1) is 10.1 Å². The van der Waals surface area contributed by atoms with Crippen molar-refractivity contribution in [2.75, 3.05) is 11.9 Å². The topological polar surface area (TPSA) is 38.3 Å². The molecule has 0 saturated carbocycles. The van der Waals surface area contributed by atoms with E-state index in [0.717, 1.165) is 0 Å². The molecule has 5 heteroatoms. The standard InChI is InChI=1S/C12H15BrFNO2/c1-12(2,3)17-7-11(16)15-8-4-5-10(14)9(13)6-8/h4-6H,7H2,1-3H3,(H,15,16). The molecular weight excluding hydrogens is 289 g/mol. The summed E-state index contributed by atoms with van der Waals surface area (Å²) in [5.74, 6) is -0.632.